The van der Waals surface area contributed by atoms with Crippen molar-refractivity contribution in [2.45, 2.75) is 26.4 Å². The number of benzene rings is 1. The molecule has 1 unspecified atom stereocenters. The number of hydrogen-bond donors (Lipinski definition) is 1. The Morgan fingerprint density at radius 2 is 1.89 bits per heavy atom. The summed E-state index contributed by atoms with van der Waals surface area (Å²) in [5, 5.41) is 10.4. The van der Waals surface area contributed by atoms with Gasteiger partial charge >= 0.3 is 0 Å². The van der Waals surface area contributed by atoms with Gasteiger partial charge in [0.05, 0.1) is 19.4 Å². The van der Waals surface area contributed by atoms with Crippen molar-refractivity contribution in [3.8, 4) is 5.75 Å². The van der Waals surface area contributed by atoms with Crippen LogP contribution in [0.25, 0.3) is 0 Å². The minimum absolute atomic E-state index is 0.582. The van der Waals surface area contributed by atoms with Crippen molar-refractivity contribution < 1.29 is 9.84 Å². The Morgan fingerprint density at radius 1 is 1.21 bits per heavy atom. The molecule has 2 rings (SSSR count). The highest BCUT2D eigenvalue weighted by atomic mass is 16.5. The molecule has 0 aliphatic carbocycles. The number of aryl methyl sites for hydroxylation is 2. The fourth-order valence-electron chi connectivity index (χ4n) is 2.31. The fourth-order valence-corrected chi connectivity index (χ4v) is 2.31. The maximum absolute atomic E-state index is 10.4. The quantitative estimate of drug-likeness (QED) is 0.915. The van der Waals surface area contributed by atoms with E-state index in [0.29, 0.717) is 12.2 Å². The van der Waals surface area contributed by atoms with Crippen LogP contribution in [-0.4, -0.2) is 17.2 Å². The van der Waals surface area contributed by atoms with Gasteiger partial charge in [-0.25, -0.2) is 0 Å². The molecule has 3 nitrogen and oxygen atoms in total. The summed E-state index contributed by atoms with van der Waals surface area (Å²) in [5.41, 5.74) is 4.37. The molecular formula is C16H19NO2. The first kappa shape index (κ1) is 13.6. The first-order valence-electron chi connectivity index (χ1n) is 6.34. The van der Waals surface area contributed by atoms with Gasteiger partial charge in [-0.05, 0) is 36.6 Å². The van der Waals surface area contributed by atoms with Crippen LogP contribution in [0, 0.1) is 13.8 Å². The molecule has 0 spiro atoms. The Bertz CT molecular complexity index is 546. The van der Waals surface area contributed by atoms with Gasteiger partial charge in [-0.15, -0.1) is 0 Å². The molecule has 2 aromatic rings. The summed E-state index contributed by atoms with van der Waals surface area (Å²) in [6.07, 6.45) is 3.30. The van der Waals surface area contributed by atoms with Crippen molar-refractivity contribution in [2.24, 2.45) is 0 Å². The van der Waals surface area contributed by atoms with Crippen molar-refractivity contribution >= 4 is 0 Å². The Labute approximate surface area is 113 Å². The van der Waals surface area contributed by atoms with Gasteiger partial charge in [-0.3, -0.25) is 4.98 Å². The minimum atomic E-state index is -0.585. The number of ether oxygens (including phenoxy) is 1. The molecule has 1 N–H and O–H groups in total. The molecule has 0 saturated heterocycles. The first-order valence-corrected chi connectivity index (χ1v) is 6.34. The van der Waals surface area contributed by atoms with E-state index in [-0.39, 0.29) is 0 Å². The van der Waals surface area contributed by atoms with Gasteiger partial charge in [0.1, 0.15) is 5.75 Å². The summed E-state index contributed by atoms with van der Waals surface area (Å²) in [5.74, 6) is 0.626. The lowest BCUT2D eigenvalue weighted by molar-refractivity contribution is 0.173. The van der Waals surface area contributed by atoms with Gasteiger partial charge in [0, 0.05) is 18.2 Å². The SMILES string of the molecule is COc1cnccc1C(O)Cc1c(C)cccc1C. The van der Waals surface area contributed by atoms with Crippen LogP contribution >= 0.6 is 0 Å². The molecule has 3 heteroatoms. The van der Waals surface area contributed by atoms with Crippen LogP contribution in [0.4, 0.5) is 0 Å². The number of nitrogens with zero attached hydrogens (tertiary/aromatic N) is 1. The van der Waals surface area contributed by atoms with Crippen LogP contribution in [0.3, 0.4) is 0 Å². The molecule has 0 fully saturated rings. The standard InChI is InChI=1S/C16H19NO2/c1-11-5-4-6-12(2)14(11)9-15(18)13-7-8-17-10-16(13)19-3/h4-8,10,15,18H,9H2,1-3H3. The van der Waals surface area contributed by atoms with Crippen LogP contribution in [0.1, 0.15) is 28.4 Å². The highest BCUT2D eigenvalue weighted by Gasteiger charge is 2.15. The molecule has 1 heterocycles. The van der Waals surface area contributed by atoms with Crippen molar-refractivity contribution in [2.75, 3.05) is 7.11 Å². The average molecular weight is 257 g/mol. The normalized spacial score (nSPS) is 12.2. The number of rotatable bonds is 4. The zero-order valence-electron chi connectivity index (χ0n) is 11.6. The third-order valence-electron chi connectivity index (χ3n) is 3.44. The van der Waals surface area contributed by atoms with E-state index in [2.05, 4.69) is 31.0 Å². The molecule has 19 heavy (non-hydrogen) atoms. The second-order valence-corrected chi connectivity index (χ2v) is 4.71. The van der Waals surface area contributed by atoms with Gasteiger partial charge in [0.15, 0.2) is 0 Å². The Morgan fingerprint density at radius 3 is 2.53 bits per heavy atom. The predicted molar refractivity (Wildman–Crippen MR) is 75.4 cm³/mol. The highest BCUT2D eigenvalue weighted by molar-refractivity contribution is 5.37. The Balaban J connectivity index is 2.28. The van der Waals surface area contributed by atoms with Crippen LogP contribution in [0.2, 0.25) is 0 Å². The van der Waals surface area contributed by atoms with Crippen LogP contribution < -0.4 is 4.74 Å². The maximum Gasteiger partial charge on any atom is 0.142 e. The van der Waals surface area contributed by atoms with E-state index < -0.39 is 6.10 Å². The first-order chi connectivity index (χ1) is 9.13. The molecule has 0 aliphatic heterocycles. The van der Waals surface area contributed by atoms with E-state index in [1.54, 1.807) is 25.6 Å². The zero-order valence-corrected chi connectivity index (χ0v) is 11.6. The lowest BCUT2D eigenvalue weighted by atomic mass is 9.95. The smallest absolute Gasteiger partial charge is 0.142 e. The van der Waals surface area contributed by atoms with E-state index >= 15 is 0 Å². The van der Waals surface area contributed by atoms with E-state index in [0.717, 1.165) is 5.56 Å². The topological polar surface area (TPSA) is 42.4 Å². The summed E-state index contributed by atoms with van der Waals surface area (Å²) in [4.78, 5) is 4.00. The number of hydrogen-bond acceptors (Lipinski definition) is 3. The summed E-state index contributed by atoms with van der Waals surface area (Å²) in [6, 6.07) is 7.97. The Hall–Kier alpha value is -1.87. The van der Waals surface area contributed by atoms with Gasteiger partial charge in [0.2, 0.25) is 0 Å². The number of aliphatic hydroxyl groups is 1. The molecule has 0 radical (unpaired) electrons. The third kappa shape index (κ3) is 2.93. The van der Waals surface area contributed by atoms with Gasteiger partial charge in [-0.1, -0.05) is 18.2 Å². The molecule has 1 atom stereocenters. The molecular weight excluding hydrogens is 238 g/mol. The van der Waals surface area contributed by atoms with Gasteiger partial charge in [-0.2, -0.15) is 0 Å². The largest absolute Gasteiger partial charge is 0.495 e. The predicted octanol–water partition coefficient (Wildman–Crippen LogP) is 2.98. The minimum Gasteiger partial charge on any atom is -0.495 e. The van der Waals surface area contributed by atoms with E-state index in [9.17, 15) is 5.11 Å². The number of aromatic nitrogens is 1. The monoisotopic (exact) mass is 257 g/mol. The summed E-state index contributed by atoms with van der Waals surface area (Å²) in [7, 11) is 1.59. The lowest BCUT2D eigenvalue weighted by Crippen LogP contribution is -2.06. The van der Waals surface area contributed by atoms with E-state index in [1.165, 1.54) is 16.7 Å². The van der Waals surface area contributed by atoms with Crippen LogP contribution in [-0.2, 0) is 6.42 Å². The summed E-state index contributed by atoms with van der Waals surface area (Å²) < 4.78 is 5.24. The third-order valence-corrected chi connectivity index (χ3v) is 3.44. The average Bonchev–Trinajstić information content (AvgIpc) is 2.42. The van der Waals surface area contributed by atoms with E-state index in [1.807, 2.05) is 6.07 Å². The molecule has 100 valence electrons. The lowest BCUT2D eigenvalue weighted by Gasteiger charge is -2.17. The maximum atomic E-state index is 10.4. The summed E-state index contributed by atoms with van der Waals surface area (Å²) >= 11 is 0. The second-order valence-electron chi connectivity index (χ2n) is 4.71. The molecule has 0 aliphatic rings. The van der Waals surface area contributed by atoms with Crippen LogP contribution in [0.5, 0.6) is 5.75 Å². The molecule has 0 bridgehead atoms. The van der Waals surface area contributed by atoms with Crippen molar-refractivity contribution in [1.29, 1.82) is 0 Å². The number of aliphatic hydroxyl groups excluding tert-OH is 1. The zero-order chi connectivity index (χ0) is 13.8. The number of pyridine rings is 1. The highest BCUT2D eigenvalue weighted by Crippen LogP contribution is 2.28. The Kier molecular flexibility index (Phi) is 4.17. The van der Waals surface area contributed by atoms with Gasteiger partial charge in [0.25, 0.3) is 0 Å². The second kappa shape index (κ2) is 5.85. The fraction of sp³-hybridized carbons (Fsp3) is 0.312. The van der Waals surface area contributed by atoms with Crippen molar-refractivity contribution in [3.63, 3.8) is 0 Å². The van der Waals surface area contributed by atoms with Gasteiger partial charge < -0.3 is 9.84 Å². The molecule has 1 aromatic carbocycles. The van der Waals surface area contributed by atoms with Crippen LogP contribution in [0.15, 0.2) is 36.7 Å². The molecule has 1 aromatic heterocycles. The number of methoxy groups -OCH3 is 1. The molecule has 0 amide bonds. The van der Waals surface area contributed by atoms with Crippen molar-refractivity contribution in [3.05, 3.63) is 58.9 Å². The summed E-state index contributed by atoms with van der Waals surface area (Å²) in [6.45, 7) is 4.14. The van der Waals surface area contributed by atoms with Crippen molar-refractivity contribution in [1.82, 2.24) is 4.98 Å². The van der Waals surface area contributed by atoms with E-state index in [4.69, 9.17) is 4.74 Å². The molecule has 0 saturated carbocycles.